The first-order valence-electron chi connectivity index (χ1n) is 10.1. The molecule has 0 spiro atoms. The first-order valence-corrected chi connectivity index (χ1v) is 10.1. The fraction of sp³-hybridized carbons (Fsp3) is 0.240. The highest BCUT2D eigenvalue weighted by Gasteiger charge is 2.25. The number of nitrogens with one attached hydrogen (secondary N) is 1. The van der Waals surface area contributed by atoms with Gasteiger partial charge in [-0.1, -0.05) is 73.7 Å². The molecule has 0 radical (unpaired) electrons. The minimum Gasteiger partial charge on any atom is -0.486 e. The first kappa shape index (κ1) is 19.1. The number of rotatable bonds is 6. The van der Waals surface area contributed by atoms with Gasteiger partial charge in [0.1, 0.15) is 13.2 Å². The van der Waals surface area contributed by atoms with E-state index in [1.54, 1.807) is 0 Å². The van der Waals surface area contributed by atoms with Crippen LogP contribution in [0.3, 0.4) is 0 Å². The van der Waals surface area contributed by atoms with E-state index < -0.39 is 0 Å². The molecular formula is C25H25NO3. The lowest BCUT2D eigenvalue weighted by molar-refractivity contribution is -0.122. The van der Waals surface area contributed by atoms with Crippen LogP contribution in [0.15, 0.2) is 78.9 Å². The Balaban J connectivity index is 1.61. The largest absolute Gasteiger partial charge is 0.486 e. The Morgan fingerprint density at radius 3 is 2.00 bits per heavy atom. The molecule has 0 saturated heterocycles. The minimum atomic E-state index is -0.358. The van der Waals surface area contributed by atoms with Crippen molar-refractivity contribution in [2.75, 3.05) is 13.2 Å². The molecule has 4 heteroatoms. The smallest absolute Gasteiger partial charge is 0.232 e. The maximum absolute atomic E-state index is 13.4. The molecule has 0 bridgehead atoms. The van der Waals surface area contributed by atoms with E-state index in [1.807, 2.05) is 78.9 Å². The molecule has 1 unspecified atom stereocenters. The SMILES string of the molecule is CCC(NC(=O)C(c1ccccc1)c1ccccc1)c1ccc2c(c1)OCCO2. The number of hydrogen-bond acceptors (Lipinski definition) is 3. The van der Waals surface area contributed by atoms with Crippen molar-refractivity contribution in [1.29, 1.82) is 0 Å². The van der Waals surface area contributed by atoms with Crippen LogP contribution in [0.1, 0.15) is 42.0 Å². The maximum atomic E-state index is 13.4. The van der Waals surface area contributed by atoms with Gasteiger partial charge >= 0.3 is 0 Å². The Bertz CT molecular complexity index is 917. The van der Waals surface area contributed by atoms with Crippen molar-refractivity contribution in [3.8, 4) is 11.5 Å². The van der Waals surface area contributed by atoms with Crippen LogP contribution in [0.5, 0.6) is 11.5 Å². The van der Waals surface area contributed by atoms with Gasteiger partial charge in [0, 0.05) is 0 Å². The summed E-state index contributed by atoms with van der Waals surface area (Å²) in [6, 6.07) is 25.6. The van der Waals surface area contributed by atoms with E-state index in [2.05, 4.69) is 12.2 Å². The third-order valence-electron chi connectivity index (χ3n) is 5.22. The van der Waals surface area contributed by atoms with E-state index in [0.717, 1.165) is 34.6 Å². The van der Waals surface area contributed by atoms with Crippen molar-refractivity contribution in [3.05, 3.63) is 95.6 Å². The summed E-state index contributed by atoms with van der Waals surface area (Å²) in [6.07, 6.45) is 0.779. The molecule has 4 nitrogen and oxygen atoms in total. The molecule has 0 saturated carbocycles. The molecule has 1 aliphatic heterocycles. The third-order valence-corrected chi connectivity index (χ3v) is 5.22. The monoisotopic (exact) mass is 387 g/mol. The van der Waals surface area contributed by atoms with Crippen LogP contribution >= 0.6 is 0 Å². The Morgan fingerprint density at radius 2 is 1.41 bits per heavy atom. The average Bonchev–Trinajstić information content (AvgIpc) is 2.79. The fourth-order valence-electron chi connectivity index (χ4n) is 3.74. The number of fused-ring (bicyclic) bond motifs is 1. The predicted octanol–water partition coefficient (Wildman–Crippen LogP) is 4.86. The second-order valence-corrected chi connectivity index (χ2v) is 7.13. The molecule has 0 aromatic heterocycles. The van der Waals surface area contributed by atoms with Crippen LogP contribution < -0.4 is 14.8 Å². The van der Waals surface area contributed by atoms with Crippen LogP contribution in [0, 0.1) is 0 Å². The van der Waals surface area contributed by atoms with Gasteiger partial charge in [0.2, 0.25) is 5.91 Å². The molecule has 0 fully saturated rings. The molecule has 0 aliphatic carbocycles. The molecule has 3 aromatic rings. The summed E-state index contributed by atoms with van der Waals surface area (Å²) in [5.41, 5.74) is 2.98. The highest BCUT2D eigenvalue weighted by Crippen LogP contribution is 2.34. The Kier molecular flexibility index (Phi) is 5.80. The highest BCUT2D eigenvalue weighted by atomic mass is 16.6. The maximum Gasteiger partial charge on any atom is 0.232 e. The van der Waals surface area contributed by atoms with E-state index in [0.29, 0.717) is 13.2 Å². The zero-order chi connectivity index (χ0) is 20.1. The van der Waals surface area contributed by atoms with Crippen LogP contribution in [-0.2, 0) is 4.79 Å². The molecule has 1 heterocycles. The van der Waals surface area contributed by atoms with Gasteiger partial charge in [-0.3, -0.25) is 4.79 Å². The van der Waals surface area contributed by atoms with Crippen LogP contribution in [0.4, 0.5) is 0 Å². The first-order chi connectivity index (χ1) is 14.3. The topological polar surface area (TPSA) is 47.6 Å². The zero-order valence-electron chi connectivity index (χ0n) is 16.5. The lowest BCUT2D eigenvalue weighted by Crippen LogP contribution is -2.33. The quantitative estimate of drug-likeness (QED) is 0.657. The zero-order valence-corrected chi connectivity index (χ0v) is 16.5. The van der Waals surface area contributed by atoms with Crippen molar-refractivity contribution in [2.24, 2.45) is 0 Å². The van der Waals surface area contributed by atoms with E-state index in [4.69, 9.17) is 9.47 Å². The van der Waals surface area contributed by atoms with Crippen molar-refractivity contribution >= 4 is 5.91 Å². The van der Waals surface area contributed by atoms with Crippen molar-refractivity contribution in [3.63, 3.8) is 0 Å². The van der Waals surface area contributed by atoms with Gasteiger partial charge in [-0.25, -0.2) is 0 Å². The van der Waals surface area contributed by atoms with Gasteiger partial charge in [0.05, 0.1) is 12.0 Å². The highest BCUT2D eigenvalue weighted by molar-refractivity contribution is 5.87. The lowest BCUT2D eigenvalue weighted by Gasteiger charge is -2.25. The summed E-state index contributed by atoms with van der Waals surface area (Å²) >= 11 is 0. The minimum absolute atomic E-state index is 0.0101. The van der Waals surface area contributed by atoms with E-state index in [-0.39, 0.29) is 17.9 Å². The molecule has 1 amide bonds. The normalized spacial score (nSPS) is 13.7. The Labute approximate surface area is 171 Å². The molecule has 1 atom stereocenters. The Hall–Kier alpha value is -3.27. The number of carbonyl (C=O) groups is 1. The number of benzene rings is 3. The molecule has 3 aromatic carbocycles. The van der Waals surface area contributed by atoms with Gasteiger partial charge in [-0.2, -0.15) is 0 Å². The predicted molar refractivity (Wildman–Crippen MR) is 113 cm³/mol. The van der Waals surface area contributed by atoms with Crippen molar-refractivity contribution in [1.82, 2.24) is 5.32 Å². The molecular weight excluding hydrogens is 362 g/mol. The summed E-state index contributed by atoms with van der Waals surface area (Å²) in [7, 11) is 0. The molecule has 29 heavy (non-hydrogen) atoms. The van der Waals surface area contributed by atoms with E-state index >= 15 is 0 Å². The summed E-state index contributed by atoms with van der Waals surface area (Å²) < 4.78 is 11.3. The average molecular weight is 387 g/mol. The van der Waals surface area contributed by atoms with Crippen molar-refractivity contribution < 1.29 is 14.3 Å². The second kappa shape index (κ2) is 8.82. The van der Waals surface area contributed by atoms with Crippen LogP contribution in [0.2, 0.25) is 0 Å². The molecule has 1 N–H and O–H groups in total. The fourth-order valence-corrected chi connectivity index (χ4v) is 3.74. The molecule has 1 aliphatic rings. The van der Waals surface area contributed by atoms with Crippen molar-refractivity contribution in [2.45, 2.75) is 25.3 Å². The number of carbonyl (C=O) groups excluding carboxylic acids is 1. The third kappa shape index (κ3) is 4.27. The van der Waals surface area contributed by atoms with Gasteiger partial charge < -0.3 is 14.8 Å². The number of ether oxygens (including phenoxy) is 2. The second-order valence-electron chi connectivity index (χ2n) is 7.13. The molecule has 148 valence electrons. The summed E-state index contributed by atoms with van der Waals surface area (Å²) in [5.74, 6) is 1.13. The summed E-state index contributed by atoms with van der Waals surface area (Å²) in [6.45, 7) is 3.18. The van der Waals surface area contributed by atoms with Gasteiger partial charge in [-0.05, 0) is 35.2 Å². The molecule has 4 rings (SSSR count). The number of amides is 1. The van der Waals surface area contributed by atoms with Crippen LogP contribution in [0.25, 0.3) is 0 Å². The van der Waals surface area contributed by atoms with Crippen LogP contribution in [-0.4, -0.2) is 19.1 Å². The van der Waals surface area contributed by atoms with E-state index in [9.17, 15) is 4.79 Å². The van der Waals surface area contributed by atoms with E-state index in [1.165, 1.54) is 0 Å². The summed E-state index contributed by atoms with van der Waals surface area (Å²) in [5, 5.41) is 3.25. The standard InChI is InChI=1S/C25H25NO3/c1-2-21(20-13-14-22-23(17-20)29-16-15-28-22)26-25(27)24(18-9-5-3-6-10-18)19-11-7-4-8-12-19/h3-14,17,21,24H,2,15-16H2,1H3,(H,26,27). The Morgan fingerprint density at radius 1 is 0.828 bits per heavy atom. The van der Waals surface area contributed by atoms with Gasteiger partial charge in [0.25, 0.3) is 0 Å². The summed E-state index contributed by atoms with van der Waals surface area (Å²) in [4.78, 5) is 13.4. The number of hydrogen-bond donors (Lipinski definition) is 1. The lowest BCUT2D eigenvalue weighted by atomic mass is 9.90. The van der Waals surface area contributed by atoms with Gasteiger partial charge in [-0.15, -0.1) is 0 Å². The van der Waals surface area contributed by atoms with Gasteiger partial charge in [0.15, 0.2) is 11.5 Å².